The Bertz CT molecular complexity index is 943. The van der Waals surface area contributed by atoms with Gasteiger partial charge in [0.05, 0.1) is 17.4 Å². The molecule has 2 aromatic carbocycles. The number of halogens is 1. The maximum Gasteiger partial charge on any atom is 0.280 e. The third-order valence-electron chi connectivity index (χ3n) is 3.50. The summed E-state index contributed by atoms with van der Waals surface area (Å²) in [6.45, 7) is 2.74. The van der Waals surface area contributed by atoms with Crippen LogP contribution in [0.3, 0.4) is 0 Å². The van der Waals surface area contributed by atoms with E-state index in [1.165, 1.54) is 11.3 Å². The number of carbonyl (C=O) groups excluding carboxylic acids is 1. The smallest absolute Gasteiger partial charge is 0.280 e. The van der Waals surface area contributed by atoms with Gasteiger partial charge >= 0.3 is 0 Å². The highest BCUT2D eigenvalue weighted by atomic mass is 79.9. The Morgan fingerprint density at radius 2 is 2.04 bits per heavy atom. The van der Waals surface area contributed by atoms with E-state index in [9.17, 15) is 4.79 Å². The van der Waals surface area contributed by atoms with Gasteiger partial charge in [0.15, 0.2) is 4.80 Å². The third kappa shape index (κ3) is 2.96. The molecule has 1 heterocycles. The Morgan fingerprint density at radius 3 is 2.74 bits per heavy atom. The van der Waals surface area contributed by atoms with Crippen LogP contribution in [0.5, 0.6) is 5.75 Å². The lowest BCUT2D eigenvalue weighted by Gasteiger charge is -2.05. The minimum absolute atomic E-state index is 0.259. The molecule has 0 aliphatic heterocycles. The number of hydrogen-bond acceptors (Lipinski definition) is 3. The number of rotatable bonds is 3. The quantitative estimate of drug-likeness (QED) is 0.671. The van der Waals surface area contributed by atoms with Crippen molar-refractivity contribution in [2.24, 2.45) is 4.99 Å². The van der Waals surface area contributed by atoms with E-state index >= 15 is 0 Å². The van der Waals surface area contributed by atoms with Crippen LogP contribution in [0.15, 0.2) is 51.9 Å². The summed E-state index contributed by atoms with van der Waals surface area (Å²) in [6.07, 6.45) is 0. The lowest BCUT2D eigenvalue weighted by Crippen LogP contribution is -2.16. The summed E-state index contributed by atoms with van der Waals surface area (Å²) < 4.78 is 9.24. The van der Waals surface area contributed by atoms with Crippen molar-refractivity contribution in [1.29, 1.82) is 0 Å². The summed E-state index contributed by atoms with van der Waals surface area (Å²) >= 11 is 4.89. The van der Waals surface area contributed by atoms with Crippen LogP contribution in [0.4, 0.5) is 0 Å². The first-order valence-electron chi connectivity index (χ1n) is 7.15. The first-order valence-corrected chi connectivity index (χ1v) is 8.76. The topological polar surface area (TPSA) is 43.6 Å². The number of aryl methyl sites for hydroxylation is 1. The van der Waals surface area contributed by atoms with Crippen LogP contribution in [-0.2, 0) is 6.54 Å². The molecule has 6 heteroatoms. The number of methoxy groups -OCH3 is 1. The van der Waals surface area contributed by atoms with Crippen LogP contribution in [0.2, 0.25) is 0 Å². The number of amides is 1. The van der Waals surface area contributed by atoms with E-state index in [2.05, 4.69) is 20.9 Å². The second-order valence-electron chi connectivity index (χ2n) is 4.83. The van der Waals surface area contributed by atoms with Crippen LogP contribution >= 0.6 is 27.3 Å². The number of para-hydroxylation sites is 1. The van der Waals surface area contributed by atoms with Crippen LogP contribution in [0.25, 0.3) is 10.2 Å². The SMILES string of the molecule is CCn1c(=NC(=O)c2ccccc2Br)sc2cccc(OC)c21. The van der Waals surface area contributed by atoms with E-state index in [-0.39, 0.29) is 5.91 Å². The van der Waals surface area contributed by atoms with E-state index in [0.717, 1.165) is 20.4 Å². The Morgan fingerprint density at radius 1 is 1.26 bits per heavy atom. The minimum atomic E-state index is -0.259. The Balaban J connectivity index is 2.20. The highest BCUT2D eigenvalue weighted by molar-refractivity contribution is 9.10. The molecule has 23 heavy (non-hydrogen) atoms. The summed E-state index contributed by atoms with van der Waals surface area (Å²) in [5.74, 6) is 0.528. The van der Waals surface area contributed by atoms with Gasteiger partial charge in [0.25, 0.3) is 5.91 Å². The Kier molecular flexibility index (Phi) is 4.63. The van der Waals surface area contributed by atoms with Crippen molar-refractivity contribution >= 4 is 43.4 Å². The zero-order chi connectivity index (χ0) is 16.4. The van der Waals surface area contributed by atoms with Gasteiger partial charge in [-0.05, 0) is 47.1 Å². The molecule has 0 radical (unpaired) electrons. The van der Waals surface area contributed by atoms with Crippen molar-refractivity contribution in [2.75, 3.05) is 7.11 Å². The molecule has 0 saturated carbocycles. The number of ether oxygens (including phenoxy) is 1. The first-order chi connectivity index (χ1) is 11.2. The van der Waals surface area contributed by atoms with Gasteiger partial charge in [0.1, 0.15) is 11.3 Å². The summed E-state index contributed by atoms with van der Waals surface area (Å²) in [7, 11) is 1.65. The predicted octanol–water partition coefficient (Wildman–Crippen LogP) is 4.23. The number of fused-ring (bicyclic) bond motifs is 1. The van der Waals surface area contributed by atoms with Gasteiger partial charge in [-0.25, -0.2) is 0 Å². The minimum Gasteiger partial charge on any atom is -0.495 e. The van der Waals surface area contributed by atoms with Crippen molar-refractivity contribution in [3.63, 3.8) is 0 Å². The largest absolute Gasteiger partial charge is 0.495 e. The van der Waals surface area contributed by atoms with Crippen molar-refractivity contribution in [1.82, 2.24) is 4.57 Å². The summed E-state index contributed by atoms with van der Waals surface area (Å²) in [5.41, 5.74) is 1.53. The van der Waals surface area contributed by atoms with E-state index in [1.54, 1.807) is 13.2 Å². The van der Waals surface area contributed by atoms with Crippen LogP contribution in [0, 0.1) is 0 Å². The van der Waals surface area contributed by atoms with Gasteiger partial charge in [0, 0.05) is 11.0 Å². The Hall–Kier alpha value is -1.92. The number of carbonyl (C=O) groups is 1. The summed E-state index contributed by atoms with van der Waals surface area (Å²) in [6, 6.07) is 13.2. The molecule has 0 saturated heterocycles. The number of thiazole rings is 1. The molecule has 3 aromatic rings. The molecule has 0 spiro atoms. The Labute approximate surface area is 146 Å². The molecule has 0 fully saturated rings. The zero-order valence-electron chi connectivity index (χ0n) is 12.7. The van der Waals surface area contributed by atoms with Crippen molar-refractivity contribution in [3.8, 4) is 5.75 Å². The highest BCUT2D eigenvalue weighted by Gasteiger charge is 2.13. The van der Waals surface area contributed by atoms with E-state index < -0.39 is 0 Å². The monoisotopic (exact) mass is 390 g/mol. The van der Waals surface area contributed by atoms with Gasteiger partial charge in [-0.1, -0.05) is 29.5 Å². The second kappa shape index (κ2) is 6.68. The number of aromatic nitrogens is 1. The van der Waals surface area contributed by atoms with Crippen molar-refractivity contribution in [3.05, 3.63) is 57.3 Å². The first kappa shape index (κ1) is 16.0. The summed E-state index contributed by atoms with van der Waals surface area (Å²) in [5, 5.41) is 0. The molecule has 0 N–H and O–H groups in total. The molecule has 0 aliphatic rings. The lowest BCUT2D eigenvalue weighted by atomic mass is 10.2. The molecule has 4 nitrogen and oxygen atoms in total. The normalized spacial score (nSPS) is 11.9. The van der Waals surface area contributed by atoms with Crippen LogP contribution < -0.4 is 9.54 Å². The van der Waals surface area contributed by atoms with Gasteiger partial charge in [-0.2, -0.15) is 4.99 Å². The number of hydrogen-bond donors (Lipinski definition) is 0. The maximum atomic E-state index is 12.5. The van der Waals surface area contributed by atoms with Gasteiger partial charge in [0.2, 0.25) is 0 Å². The lowest BCUT2D eigenvalue weighted by molar-refractivity contribution is 0.0997. The van der Waals surface area contributed by atoms with Crippen molar-refractivity contribution < 1.29 is 9.53 Å². The fourth-order valence-electron chi connectivity index (χ4n) is 2.42. The summed E-state index contributed by atoms with van der Waals surface area (Å²) in [4.78, 5) is 17.5. The molecular formula is C17H15BrN2O2S. The third-order valence-corrected chi connectivity index (χ3v) is 5.24. The molecule has 0 unspecified atom stereocenters. The van der Waals surface area contributed by atoms with Crippen LogP contribution in [-0.4, -0.2) is 17.6 Å². The second-order valence-corrected chi connectivity index (χ2v) is 6.70. The van der Waals surface area contributed by atoms with Gasteiger partial charge in [-0.3, -0.25) is 4.79 Å². The zero-order valence-corrected chi connectivity index (χ0v) is 15.1. The number of benzene rings is 2. The highest BCUT2D eigenvalue weighted by Crippen LogP contribution is 2.27. The maximum absolute atomic E-state index is 12.5. The molecule has 0 bridgehead atoms. The fraction of sp³-hybridized carbons (Fsp3) is 0.176. The number of nitrogens with zero attached hydrogens (tertiary/aromatic N) is 2. The predicted molar refractivity (Wildman–Crippen MR) is 96.1 cm³/mol. The van der Waals surface area contributed by atoms with Crippen molar-refractivity contribution in [2.45, 2.75) is 13.5 Å². The molecule has 0 atom stereocenters. The molecule has 3 rings (SSSR count). The van der Waals surface area contributed by atoms with E-state index in [0.29, 0.717) is 16.9 Å². The molecule has 1 aromatic heterocycles. The van der Waals surface area contributed by atoms with E-state index in [1.807, 2.05) is 47.9 Å². The average molecular weight is 391 g/mol. The van der Waals surface area contributed by atoms with Crippen LogP contribution in [0.1, 0.15) is 17.3 Å². The fourth-order valence-corrected chi connectivity index (χ4v) is 3.99. The molecule has 118 valence electrons. The average Bonchev–Trinajstić information content (AvgIpc) is 2.92. The van der Waals surface area contributed by atoms with E-state index in [4.69, 9.17) is 4.74 Å². The van der Waals surface area contributed by atoms with Gasteiger partial charge < -0.3 is 9.30 Å². The molecular weight excluding hydrogens is 376 g/mol. The molecule has 0 aliphatic carbocycles. The standard InChI is InChI=1S/C17H15BrN2O2S/c1-3-20-15-13(22-2)9-6-10-14(15)23-17(20)19-16(21)11-7-4-5-8-12(11)18/h4-10H,3H2,1-2H3. The molecule has 1 amide bonds. The van der Waals surface area contributed by atoms with Gasteiger partial charge in [-0.15, -0.1) is 0 Å².